The van der Waals surface area contributed by atoms with Gasteiger partial charge in [0.25, 0.3) is 15.7 Å². The molecule has 12 heteroatoms. The third kappa shape index (κ3) is 4.29. The number of non-ortho nitro benzene ring substituents is 1. The lowest BCUT2D eigenvalue weighted by Gasteiger charge is -2.11. The summed E-state index contributed by atoms with van der Waals surface area (Å²) in [5.41, 5.74) is 3.19. The number of aryl methyl sites for hydroxylation is 1. The van der Waals surface area contributed by atoms with Crippen LogP contribution in [-0.4, -0.2) is 38.1 Å². The van der Waals surface area contributed by atoms with E-state index in [-0.39, 0.29) is 10.6 Å². The molecule has 0 bridgehead atoms. The molecule has 3 aromatic heterocycles. The number of rotatable bonds is 6. The fourth-order valence-electron chi connectivity index (χ4n) is 3.53. The van der Waals surface area contributed by atoms with Crippen LogP contribution in [0.2, 0.25) is 0 Å². The van der Waals surface area contributed by atoms with Gasteiger partial charge in [0.15, 0.2) is 11.5 Å². The van der Waals surface area contributed by atoms with E-state index in [0.29, 0.717) is 28.4 Å². The Bertz CT molecular complexity index is 1670. The highest BCUT2D eigenvalue weighted by atomic mass is 32.2. The average molecular weight is 488 g/mol. The van der Waals surface area contributed by atoms with E-state index in [2.05, 4.69) is 25.0 Å². The van der Waals surface area contributed by atoms with Crippen molar-refractivity contribution in [2.45, 2.75) is 11.8 Å². The predicted molar refractivity (Wildman–Crippen MR) is 128 cm³/mol. The van der Waals surface area contributed by atoms with Gasteiger partial charge in [-0.05, 0) is 48.9 Å². The maximum atomic E-state index is 12.9. The molecule has 1 N–H and O–H groups in total. The second-order valence-electron chi connectivity index (χ2n) is 7.64. The second kappa shape index (κ2) is 8.57. The lowest BCUT2D eigenvalue weighted by Crippen LogP contribution is -2.14. The summed E-state index contributed by atoms with van der Waals surface area (Å²) in [5.74, 6) is 0.570. The van der Waals surface area contributed by atoms with E-state index in [9.17, 15) is 18.5 Å². The molecule has 174 valence electrons. The number of sulfonamides is 1. The van der Waals surface area contributed by atoms with Crippen molar-refractivity contribution in [2.75, 3.05) is 4.72 Å². The number of nitro groups is 1. The lowest BCUT2D eigenvalue weighted by atomic mass is 10.1. The van der Waals surface area contributed by atoms with Gasteiger partial charge in [-0.3, -0.25) is 19.8 Å². The van der Waals surface area contributed by atoms with Crippen molar-refractivity contribution in [2.24, 2.45) is 0 Å². The van der Waals surface area contributed by atoms with Crippen molar-refractivity contribution in [1.29, 1.82) is 0 Å². The zero-order valence-corrected chi connectivity index (χ0v) is 19.0. The maximum absolute atomic E-state index is 12.9. The molecule has 0 radical (unpaired) electrons. The van der Waals surface area contributed by atoms with E-state index in [1.165, 1.54) is 12.1 Å². The largest absolute Gasteiger partial charge is 0.280 e. The van der Waals surface area contributed by atoms with Crippen molar-refractivity contribution < 1.29 is 13.3 Å². The van der Waals surface area contributed by atoms with Crippen molar-refractivity contribution in [3.05, 3.63) is 94.8 Å². The van der Waals surface area contributed by atoms with Crippen molar-refractivity contribution in [3.8, 4) is 22.6 Å². The van der Waals surface area contributed by atoms with Crippen LogP contribution in [-0.2, 0) is 10.0 Å². The van der Waals surface area contributed by atoms with E-state index in [1.54, 1.807) is 60.2 Å². The summed E-state index contributed by atoms with van der Waals surface area (Å²) in [6, 6.07) is 17.6. The van der Waals surface area contributed by atoms with E-state index in [1.807, 2.05) is 12.1 Å². The predicted octanol–water partition coefficient (Wildman–Crippen LogP) is 3.87. The number of pyridine rings is 1. The molecule has 0 atom stereocenters. The third-order valence-corrected chi connectivity index (χ3v) is 6.83. The first-order chi connectivity index (χ1) is 16.8. The fourth-order valence-corrected chi connectivity index (χ4v) is 4.86. The van der Waals surface area contributed by atoms with Gasteiger partial charge in [-0.1, -0.05) is 18.2 Å². The van der Waals surface area contributed by atoms with Crippen molar-refractivity contribution in [3.63, 3.8) is 0 Å². The Labute approximate surface area is 199 Å². The molecular formula is C23H17N7O4S. The number of nitro benzene ring substituents is 1. The van der Waals surface area contributed by atoms with E-state index in [0.717, 1.165) is 17.2 Å². The first-order valence-electron chi connectivity index (χ1n) is 10.3. The Morgan fingerprint density at radius 2 is 1.66 bits per heavy atom. The highest BCUT2D eigenvalue weighted by Gasteiger charge is 2.21. The second-order valence-corrected chi connectivity index (χ2v) is 9.29. The third-order valence-electron chi connectivity index (χ3n) is 5.31. The number of nitrogens with zero attached hydrogens (tertiary/aromatic N) is 6. The summed E-state index contributed by atoms with van der Waals surface area (Å²) < 4.78 is 29.9. The number of benzene rings is 2. The number of hydrogen-bond acceptors (Lipinski definition) is 8. The summed E-state index contributed by atoms with van der Waals surface area (Å²) >= 11 is 0. The minimum atomic E-state index is -4.03. The molecule has 0 saturated heterocycles. The minimum absolute atomic E-state index is 0.154. The summed E-state index contributed by atoms with van der Waals surface area (Å²) in [6.45, 7) is 1.58. The highest BCUT2D eigenvalue weighted by molar-refractivity contribution is 7.92. The molecule has 0 fully saturated rings. The van der Waals surface area contributed by atoms with Gasteiger partial charge in [0.2, 0.25) is 0 Å². The summed E-state index contributed by atoms with van der Waals surface area (Å²) in [6.07, 6.45) is 3.32. The molecular weight excluding hydrogens is 470 g/mol. The van der Waals surface area contributed by atoms with Crippen molar-refractivity contribution >= 4 is 27.0 Å². The van der Waals surface area contributed by atoms with Crippen LogP contribution >= 0.6 is 0 Å². The number of anilines is 1. The monoisotopic (exact) mass is 487 g/mol. The molecule has 5 aromatic rings. The molecule has 0 unspecified atom stereocenters. The zero-order valence-electron chi connectivity index (χ0n) is 18.2. The zero-order chi connectivity index (χ0) is 24.6. The van der Waals surface area contributed by atoms with Gasteiger partial charge < -0.3 is 0 Å². The average Bonchev–Trinajstić information content (AvgIpc) is 3.28. The van der Waals surface area contributed by atoms with E-state index >= 15 is 0 Å². The van der Waals surface area contributed by atoms with Gasteiger partial charge in [-0.15, -0.1) is 10.2 Å². The summed E-state index contributed by atoms with van der Waals surface area (Å²) in [4.78, 5) is 14.3. The number of nitrogens with one attached hydrogen (secondary N) is 1. The molecule has 3 heterocycles. The minimum Gasteiger partial charge on any atom is -0.280 e. The van der Waals surface area contributed by atoms with Crippen LogP contribution in [0.25, 0.3) is 28.3 Å². The van der Waals surface area contributed by atoms with Gasteiger partial charge in [-0.25, -0.2) is 8.42 Å². The summed E-state index contributed by atoms with van der Waals surface area (Å²) in [5, 5.41) is 24.1. The molecule has 11 nitrogen and oxygen atoms in total. The molecule has 0 saturated carbocycles. The molecule has 0 spiro atoms. The van der Waals surface area contributed by atoms with E-state index < -0.39 is 14.9 Å². The van der Waals surface area contributed by atoms with E-state index in [4.69, 9.17) is 0 Å². The molecule has 0 aliphatic carbocycles. The highest BCUT2D eigenvalue weighted by Crippen LogP contribution is 2.26. The number of hydrogen-bond donors (Lipinski definition) is 1. The standard InChI is InChI=1S/C23H17N7O4S/c1-15-2-7-19(30(31)32)14-21(15)35(33,34)28-18-5-3-16(4-6-18)20-8-9-22-25-26-23(29(22)27-20)17-10-12-24-13-11-17/h2-14,28H,1H3. The maximum Gasteiger partial charge on any atom is 0.270 e. The first-order valence-corrected chi connectivity index (χ1v) is 11.8. The van der Waals surface area contributed by atoms with Crippen molar-refractivity contribution in [1.82, 2.24) is 24.8 Å². The number of aromatic nitrogens is 5. The topological polar surface area (TPSA) is 145 Å². The summed E-state index contributed by atoms with van der Waals surface area (Å²) in [7, 11) is -4.03. The first kappa shape index (κ1) is 22.1. The van der Waals surface area contributed by atoms with Crippen LogP contribution in [0, 0.1) is 17.0 Å². The fraction of sp³-hybridized carbons (Fsp3) is 0.0435. The lowest BCUT2D eigenvalue weighted by molar-refractivity contribution is -0.385. The van der Waals surface area contributed by atoms with Crippen LogP contribution in [0.5, 0.6) is 0 Å². The Kier molecular flexibility index (Phi) is 5.41. The quantitative estimate of drug-likeness (QED) is 0.281. The van der Waals surface area contributed by atoms with Gasteiger partial charge in [0.05, 0.1) is 15.5 Å². The Hall–Kier alpha value is -4.71. The van der Waals surface area contributed by atoms with Gasteiger partial charge in [0, 0.05) is 41.3 Å². The SMILES string of the molecule is Cc1ccc([N+](=O)[O-])cc1S(=O)(=O)Nc1ccc(-c2ccc3nnc(-c4ccncc4)n3n2)cc1. The normalized spacial score (nSPS) is 11.5. The van der Waals surface area contributed by atoms with Gasteiger partial charge in [0.1, 0.15) is 0 Å². The van der Waals surface area contributed by atoms with Crippen LogP contribution in [0.3, 0.4) is 0 Å². The van der Waals surface area contributed by atoms with Crippen LogP contribution in [0.1, 0.15) is 5.56 Å². The number of fused-ring (bicyclic) bond motifs is 1. The Balaban J connectivity index is 1.43. The van der Waals surface area contributed by atoms with Gasteiger partial charge in [-0.2, -0.15) is 9.61 Å². The molecule has 0 amide bonds. The van der Waals surface area contributed by atoms with Gasteiger partial charge >= 0.3 is 0 Å². The molecule has 2 aromatic carbocycles. The molecule has 0 aliphatic heterocycles. The molecule has 0 aliphatic rings. The van der Waals surface area contributed by atoms with Crippen LogP contribution in [0.15, 0.2) is 84.0 Å². The molecule has 5 rings (SSSR count). The van der Waals surface area contributed by atoms with Crippen LogP contribution in [0.4, 0.5) is 11.4 Å². The Morgan fingerprint density at radius 1 is 0.914 bits per heavy atom. The molecule has 35 heavy (non-hydrogen) atoms. The smallest absolute Gasteiger partial charge is 0.270 e. The van der Waals surface area contributed by atoms with Crippen LogP contribution < -0.4 is 4.72 Å². The Morgan fingerprint density at radius 3 is 2.37 bits per heavy atom.